The predicted octanol–water partition coefficient (Wildman–Crippen LogP) is 3.87. The van der Waals surface area contributed by atoms with Crippen molar-refractivity contribution in [3.63, 3.8) is 0 Å². The summed E-state index contributed by atoms with van der Waals surface area (Å²) in [7, 11) is -4.15. The first-order valence-electron chi connectivity index (χ1n) is 7.68. The summed E-state index contributed by atoms with van der Waals surface area (Å²) >= 11 is 17.8. The van der Waals surface area contributed by atoms with E-state index >= 15 is 0 Å². The molecule has 1 heterocycles. The largest absolute Gasteiger partial charge is 0.335 e. The van der Waals surface area contributed by atoms with E-state index in [9.17, 15) is 13.2 Å². The Labute approximate surface area is 175 Å². The monoisotopic (exact) mass is 459 g/mol. The molecule has 28 heavy (non-hydrogen) atoms. The Morgan fingerprint density at radius 2 is 1.82 bits per heavy atom. The minimum Gasteiger partial charge on any atom is -0.274 e. The van der Waals surface area contributed by atoms with Crippen LogP contribution in [0.5, 0.6) is 0 Å². The third kappa shape index (κ3) is 4.93. The Morgan fingerprint density at radius 1 is 1.07 bits per heavy atom. The zero-order valence-electron chi connectivity index (χ0n) is 13.9. The second-order valence-corrected chi connectivity index (χ2v) is 8.41. The van der Waals surface area contributed by atoms with Crippen molar-refractivity contribution in [2.75, 3.05) is 5.32 Å². The van der Waals surface area contributed by atoms with Gasteiger partial charge in [0.1, 0.15) is 10.7 Å². The molecule has 0 atom stereocenters. The van der Waals surface area contributed by atoms with E-state index < -0.39 is 16.1 Å². The number of hydrogen-bond acceptors (Lipinski definition) is 5. The van der Waals surface area contributed by atoms with Gasteiger partial charge in [0.05, 0.1) is 5.02 Å². The third-order valence-electron chi connectivity index (χ3n) is 3.48. The number of nitrogens with one attached hydrogen (secondary N) is 3. The molecule has 12 heteroatoms. The average molecular weight is 461 g/mol. The van der Waals surface area contributed by atoms with Gasteiger partial charge in [-0.05, 0) is 29.8 Å². The average Bonchev–Trinajstić information content (AvgIpc) is 3.04. The minimum atomic E-state index is -4.15. The van der Waals surface area contributed by atoms with E-state index in [0.29, 0.717) is 22.3 Å². The Morgan fingerprint density at radius 3 is 2.54 bits per heavy atom. The van der Waals surface area contributed by atoms with Gasteiger partial charge < -0.3 is 0 Å². The highest BCUT2D eigenvalue weighted by Crippen LogP contribution is 2.23. The van der Waals surface area contributed by atoms with Gasteiger partial charge in [-0.25, -0.2) is 17.9 Å². The SMILES string of the molecule is O=C(Nc1n[nH]c(Cc2ccc(Cl)cc2Cl)n1)NS(=O)(=O)c1ccccc1Cl. The summed E-state index contributed by atoms with van der Waals surface area (Å²) < 4.78 is 26.3. The lowest BCUT2D eigenvalue weighted by atomic mass is 10.1. The summed E-state index contributed by atoms with van der Waals surface area (Å²) in [5.41, 5.74) is 0.750. The van der Waals surface area contributed by atoms with Crippen LogP contribution in [0.4, 0.5) is 10.7 Å². The molecule has 146 valence electrons. The maximum Gasteiger partial charge on any atom is 0.335 e. The van der Waals surface area contributed by atoms with Crippen LogP contribution in [0.25, 0.3) is 0 Å². The number of H-pyrrole nitrogens is 1. The van der Waals surface area contributed by atoms with Gasteiger partial charge in [-0.2, -0.15) is 4.98 Å². The number of carbonyl (C=O) groups is 1. The highest BCUT2D eigenvalue weighted by atomic mass is 35.5. The summed E-state index contributed by atoms with van der Waals surface area (Å²) in [5, 5.41) is 9.65. The van der Waals surface area contributed by atoms with E-state index in [4.69, 9.17) is 34.8 Å². The van der Waals surface area contributed by atoms with Crippen LogP contribution in [-0.4, -0.2) is 29.6 Å². The molecule has 0 aliphatic carbocycles. The van der Waals surface area contributed by atoms with Gasteiger partial charge in [0, 0.05) is 16.5 Å². The standard InChI is InChI=1S/C16H12Cl3N5O3S/c17-10-6-5-9(12(19)8-10)7-14-20-15(23-22-14)21-16(25)24-28(26,27)13-4-2-1-3-11(13)18/h1-6,8H,7H2,(H3,20,21,22,23,24,25). The number of sulfonamides is 1. The van der Waals surface area contributed by atoms with E-state index in [1.54, 1.807) is 24.3 Å². The van der Waals surface area contributed by atoms with Crippen LogP contribution >= 0.6 is 34.8 Å². The molecule has 8 nitrogen and oxygen atoms in total. The minimum absolute atomic E-state index is 0.0113. The van der Waals surface area contributed by atoms with Crippen LogP contribution in [0.3, 0.4) is 0 Å². The van der Waals surface area contributed by atoms with Crippen LogP contribution in [0, 0.1) is 0 Å². The molecule has 1 aromatic heterocycles. The fraction of sp³-hybridized carbons (Fsp3) is 0.0625. The smallest absolute Gasteiger partial charge is 0.274 e. The second kappa shape index (κ2) is 8.36. The molecule has 0 spiro atoms. The predicted molar refractivity (Wildman–Crippen MR) is 106 cm³/mol. The number of amides is 2. The molecule has 3 rings (SSSR count). The fourth-order valence-corrected chi connectivity index (χ4v) is 4.15. The summed E-state index contributed by atoms with van der Waals surface area (Å²) in [6.45, 7) is 0. The van der Waals surface area contributed by atoms with Gasteiger partial charge in [-0.1, -0.05) is 53.0 Å². The Kier molecular flexibility index (Phi) is 6.09. The fourth-order valence-electron chi connectivity index (χ4n) is 2.24. The number of hydrogen-bond donors (Lipinski definition) is 3. The van der Waals surface area contributed by atoms with Gasteiger partial charge in [0.15, 0.2) is 0 Å². The first-order chi connectivity index (χ1) is 13.2. The van der Waals surface area contributed by atoms with Crippen LogP contribution in [-0.2, 0) is 16.4 Å². The lowest BCUT2D eigenvalue weighted by molar-refractivity contribution is 0.256. The van der Waals surface area contributed by atoms with Gasteiger partial charge in [0.2, 0.25) is 5.95 Å². The van der Waals surface area contributed by atoms with Gasteiger partial charge in [-0.15, -0.1) is 5.10 Å². The molecule has 0 bridgehead atoms. The third-order valence-corrected chi connectivity index (χ3v) is 5.90. The molecule has 0 saturated carbocycles. The summed E-state index contributed by atoms with van der Waals surface area (Å²) in [6, 6.07) is 9.73. The van der Waals surface area contributed by atoms with Crippen molar-refractivity contribution < 1.29 is 13.2 Å². The molecular weight excluding hydrogens is 449 g/mol. The zero-order valence-corrected chi connectivity index (χ0v) is 17.0. The molecule has 0 aliphatic rings. The Hall–Kier alpha value is -2.33. The number of aromatic amines is 1. The van der Waals surface area contributed by atoms with Crippen molar-refractivity contribution in [1.82, 2.24) is 19.9 Å². The zero-order chi connectivity index (χ0) is 20.3. The number of rotatable bonds is 5. The lowest BCUT2D eigenvalue weighted by Crippen LogP contribution is -2.34. The summed E-state index contributed by atoms with van der Waals surface area (Å²) in [5.74, 6) is 0.306. The normalized spacial score (nSPS) is 11.2. The Bertz CT molecular complexity index is 1130. The number of anilines is 1. The number of carbonyl (C=O) groups excluding carboxylic acids is 1. The number of nitrogens with zero attached hydrogens (tertiary/aromatic N) is 2. The molecule has 0 fully saturated rings. The highest BCUT2D eigenvalue weighted by Gasteiger charge is 2.21. The summed E-state index contributed by atoms with van der Waals surface area (Å²) in [4.78, 5) is 15.9. The van der Waals surface area contributed by atoms with Crippen LogP contribution in [0.2, 0.25) is 15.1 Å². The maximum atomic E-state index is 12.2. The number of benzene rings is 2. The molecule has 0 radical (unpaired) electrons. The molecule has 0 unspecified atom stereocenters. The number of urea groups is 1. The van der Waals surface area contributed by atoms with Gasteiger partial charge in [0.25, 0.3) is 10.0 Å². The topological polar surface area (TPSA) is 117 Å². The van der Waals surface area contributed by atoms with Crippen molar-refractivity contribution >= 4 is 56.8 Å². The number of halogens is 3. The van der Waals surface area contributed by atoms with Crippen molar-refractivity contribution in [2.24, 2.45) is 0 Å². The quantitative estimate of drug-likeness (QED) is 0.534. The van der Waals surface area contributed by atoms with Crippen molar-refractivity contribution in [3.8, 4) is 0 Å². The van der Waals surface area contributed by atoms with E-state index in [-0.39, 0.29) is 15.9 Å². The van der Waals surface area contributed by atoms with Crippen molar-refractivity contribution in [3.05, 3.63) is 68.9 Å². The Balaban J connectivity index is 1.66. The molecule has 3 aromatic rings. The van der Waals surface area contributed by atoms with Crippen molar-refractivity contribution in [2.45, 2.75) is 11.3 Å². The van der Waals surface area contributed by atoms with Crippen LogP contribution in [0.15, 0.2) is 47.4 Å². The highest BCUT2D eigenvalue weighted by molar-refractivity contribution is 7.90. The van der Waals surface area contributed by atoms with E-state index in [0.717, 1.165) is 5.56 Å². The maximum absolute atomic E-state index is 12.2. The van der Waals surface area contributed by atoms with Crippen LogP contribution in [0.1, 0.15) is 11.4 Å². The first-order valence-corrected chi connectivity index (χ1v) is 10.3. The second-order valence-electron chi connectivity index (χ2n) is 5.51. The van der Waals surface area contributed by atoms with Gasteiger partial charge >= 0.3 is 6.03 Å². The number of aromatic nitrogens is 3. The van der Waals surface area contributed by atoms with Crippen LogP contribution < -0.4 is 10.0 Å². The lowest BCUT2D eigenvalue weighted by Gasteiger charge is -2.07. The molecular formula is C16H12Cl3N5O3S. The van der Waals surface area contributed by atoms with Crippen molar-refractivity contribution in [1.29, 1.82) is 0 Å². The van der Waals surface area contributed by atoms with Gasteiger partial charge in [-0.3, -0.25) is 10.4 Å². The molecule has 3 N–H and O–H groups in total. The van der Waals surface area contributed by atoms with E-state index in [1.165, 1.54) is 18.2 Å². The van der Waals surface area contributed by atoms with E-state index in [2.05, 4.69) is 20.5 Å². The molecule has 0 saturated heterocycles. The van der Waals surface area contributed by atoms with E-state index in [1.807, 2.05) is 4.72 Å². The molecule has 2 aromatic carbocycles. The first kappa shape index (κ1) is 20.4. The summed E-state index contributed by atoms with van der Waals surface area (Å²) in [6.07, 6.45) is 0.310. The molecule has 0 aliphatic heterocycles. The molecule has 2 amide bonds.